The van der Waals surface area contributed by atoms with Gasteiger partial charge in [-0.25, -0.2) is 0 Å². The van der Waals surface area contributed by atoms with Gasteiger partial charge in [0.05, 0.1) is 11.4 Å². The summed E-state index contributed by atoms with van der Waals surface area (Å²) in [6.45, 7) is 7.25. The van der Waals surface area contributed by atoms with Crippen LogP contribution in [0.25, 0.3) is 11.4 Å². The van der Waals surface area contributed by atoms with E-state index in [2.05, 4.69) is 36.4 Å². The van der Waals surface area contributed by atoms with Crippen molar-refractivity contribution in [2.75, 3.05) is 6.61 Å². The van der Waals surface area contributed by atoms with E-state index in [1.165, 1.54) is 5.19 Å². The largest absolute Gasteiger partial charge is 0.413 e. The molecule has 0 fully saturated rings. The smallest absolute Gasteiger partial charge is 0.222 e. The molecule has 4 heteroatoms. The van der Waals surface area contributed by atoms with E-state index in [9.17, 15) is 0 Å². The van der Waals surface area contributed by atoms with E-state index in [1.54, 1.807) is 6.20 Å². The van der Waals surface area contributed by atoms with Crippen LogP contribution >= 0.6 is 0 Å². The van der Waals surface area contributed by atoms with Crippen molar-refractivity contribution in [3.05, 3.63) is 42.7 Å². The minimum Gasteiger partial charge on any atom is -0.413 e. The van der Waals surface area contributed by atoms with Crippen LogP contribution < -0.4 is 5.19 Å². The molecule has 2 heterocycles. The Morgan fingerprint density at radius 2 is 1.84 bits per heavy atom. The van der Waals surface area contributed by atoms with Crippen LogP contribution in [0, 0.1) is 0 Å². The molecule has 0 amide bonds. The van der Waals surface area contributed by atoms with Gasteiger partial charge in [0, 0.05) is 19.0 Å². The molecule has 3 nitrogen and oxygen atoms in total. The molecule has 100 valence electrons. The lowest BCUT2D eigenvalue weighted by molar-refractivity contribution is 0.335. The molecule has 0 saturated heterocycles. The number of hydrogen-bond acceptors (Lipinski definition) is 3. The highest BCUT2D eigenvalue weighted by Crippen LogP contribution is 2.15. The predicted molar refractivity (Wildman–Crippen MR) is 80.8 cm³/mol. The van der Waals surface area contributed by atoms with Crippen LogP contribution in [0.15, 0.2) is 42.7 Å². The molecular formula is C15H20N2OSi. The van der Waals surface area contributed by atoms with E-state index in [0.29, 0.717) is 0 Å². The molecule has 2 aromatic heterocycles. The van der Waals surface area contributed by atoms with Crippen molar-refractivity contribution >= 4 is 13.5 Å². The molecule has 0 bridgehead atoms. The van der Waals surface area contributed by atoms with Crippen LogP contribution in [0.5, 0.6) is 0 Å². The summed E-state index contributed by atoms with van der Waals surface area (Å²) in [5, 5.41) is 1.25. The lowest BCUT2D eigenvalue weighted by Crippen LogP contribution is -2.47. The first kappa shape index (κ1) is 13.9. The third-order valence-corrected chi connectivity index (χ3v) is 7.23. The Morgan fingerprint density at radius 3 is 2.37 bits per heavy atom. The summed E-state index contributed by atoms with van der Waals surface area (Å²) in [6.07, 6.45) is 3.74. The van der Waals surface area contributed by atoms with Gasteiger partial charge < -0.3 is 4.43 Å². The molecule has 2 aromatic rings. The second-order valence-corrected chi connectivity index (χ2v) is 8.70. The second kappa shape index (κ2) is 6.08. The fraction of sp³-hybridized carbons (Fsp3) is 0.333. The Morgan fingerprint density at radius 1 is 1.05 bits per heavy atom. The van der Waals surface area contributed by atoms with E-state index >= 15 is 0 Å². The molecule has 0 radical (unpaired) electrons. The average Bonchev–Trinajstić information content (AvgIpc) is 2.48. The Bertz CT molecular complexity index is 515. The number of aromatic nitrogens is 2. The Labute approximate surface area is 115 Å². The number of nitrogens with zero attached hydrogens (tertiary/aromatic N) is 2. The molecule has 0 aromatic carbocycles. The summed E-state index contributed by atoms with van der Waals surface area (Å²) in [5.41, 5.74) is 1.82. The van der Waals surface area contributed by atoms with Crippen molar-refractivity contribution in [3.63, 3.8) is 0 Å². The van der Waals surface area contributed by atoms with Crippen molar-refractivity contribution in [2.45, 2.75) is 26.4 Å². The standard InChI is InChI=1S/C15H20N2OSi/c1-4-18-19(3,5-2)13-9-10-15(17-12-13)14-8-6-7-11-16-14/h6-12H,4-5H2,1-3H3. The van der Waals surface area contributed by atoms with Crippen molar-refractivity contribution in [1.29, 1.82) is 0 Å². The highest BCUT2D eigenvalue weighted by Gasteiger charge is 2.29. The monoisotopic (exact) mass is 272 g/mol. The Hall–Kier alpha value is -1.52. The molecular weight excluding hydrogens is 252 g/mol. The van der Waals surface area contributed by atoms with Gasteiger partial charge in [0.1, 0.15) is 0 Å². The molecule has 1 unspecified atom stereocenters. The second-order valence-electron chi connectivity index (χ2n) is 4.66. The van der Waals surface area contributed by atoms with Crippen LogP contribution in [0.3, 0.4) is 0 Å². The highest BCUT2D eigenvalue weighted by molar-refractivity contribution is 6.85. The zero-order chi connectivity index (χ0) is 13.7. The first-order valence-electron chi connectivity index (χ1n) is 6.71. The third-order valence-electron chi connectivity index (χ3n) is 3.44. The van der Waals surface area contributed by atoms with E-state index in [-0.39, 0.29) is 0 Å². The molecule has 0 aliphatic carbocycles. The Kier molecular flexibility index (Phi) is 4.45. The fourth-order valence-electron chi connectivity index (χ4n) is 2.08. The van der Waals surface area contributed by atoms with Gasteiger partial charge in [-0.3, -0.25) is 9.97 Å². The van der Waals surface area contributed by atoms with E-state index in [0.717, 1.165) is 24.0 Å². The summed E-state index contributed by atoms with van der Waals surface area (Å²) >= 11 is 0. The van der Waals surface area contributed by atoms with E-state index < -0.39 is 8.32 Å². The lowest BCUT2D eigenvalue weighted by atomic mass is 10.2. The van der Waals surface area contributed by atoms with Gasteiger partial charge in [0.25, 0.3) is 0 Å². The van der Waals surface area contributed by atoms with Gasteiger partial charge in [0.15, 0.2) is 0 Å². The summed E-state index contributed by atoms with van der Waals surface area (Å²) in [5.74, 6) is 0. The average molecular weight is 272 g/mol. The molecule has 0 N–H and O–H groups in total. The zero-order valence-corrected chi connectivity index (χ0v) is 12.8. The summed E-state index contributed by atoms with van der Waals surface area (Å²) in [7, 11) is -1.81. The Balaban J connectivity index is 2.28. The first-order chi connectivity index (χ1) is 9.19. The SMILES string of the molecule is CCO[Si](C)(CC)c1ccc(-c2ccccn2)nc1. The van der Waals surface area contributed by atoms with Gasteiger partial charge in [-0.2, -0.15) is 0 Å². The van der Waals surface area contributed by atoms with Gasteiger partial charge >= 0.3 is 0 Å². The normalized spacial score (nSPS) is 14.1. The van der Waals surface area contributed by atoms with Crippen molar-refractivity contribution in [1.82, 2.24) is 9.97 Å². The maximum atomic E-state index is 5.99. The summed E-state index contributed by atoms with van der Waals surface area (Å²) in [4.78, 5) is 8.85. The van der Waals surface area contributed by atoms with Crippen molar-refractivity contribution < 1.29 is 4.43 Å². The topological polar surface area (TPSA) is 35.0 Å². The quantitative estimate of drug-likeness (QED) is 0.785. The molecule has 0 aliphatic rings. The molecule has 2 rings (SSSR count). The van der Waals surface area contributed by atoms with Gasteiger partial charge in [-0.05, 0) is 42.9 Å². The highest BCUT2D eigenvalue weighted by atomic mass is 28.4. The minimum absolute atomic E-state index is 0.762. The van der Waals surface area contributed by atoms with Gasteiger partial charge in [-0.15, -0.1) is 0 Å². The molecule has 0 saturated carbocycles. The third kappa shape index (κ3) is 3.08. The predicted octanol–water partition coefficient (Wildman–Crippen LogP) is 2.98. The maximum absolute atomic E-state index is 5.99. The molecule has 19 heavy (non-hydrogen) atoms. The molecule has 0 spiro atoms. The van der Waals surface area contributed by atoms with Crippen molar-refractivity contribution in [2.24, 2.45) is 0 Å². The van der Waals surface area contributed by atoms with Crippen LogP contribution in [-0.4, -0.2) is 24.9 Å². The van der Waals surface area contributed by atoms with Crippen LogP contribution in [0.4, 0.5) is 0 Å². The van der Waals surface area contributed by atoms with E-state index in [4.69, 9.17) is 4.43 Å². The van der Waals surface area contributed by atoms with E-state index in [1.807, 2.05) is 30.5 Å². The summed E-state index contributed by atoms with van der Waals surface area (Å²) in [6, 6.07) is 11.1. The zero-order valence-electron chi connectivity index (χ0n) is 11.8. The van der Waals surface area contributed by atoms with Crippen LogP contribution in [0.1, 0.15) is 13.8 Å². The van der Waals surface area contributed by atoms with Gasteiger partial charge in [-0.1, -0.05) is 19.1 Å². The number of pyridine rings is 2. The minimum atomic E-state index is -1.81. The maximum Gasteiger partial charge on any atom is 0.222 e. The molecule has 1 atom stereocenters. The number of hydrogen-bond donors (Lipinski definition) is 0. The van der Waals surface area contributed by atoms with Crippen LogP contribution in [-0.2, 0) is 4.43 Å². The number of rotatable bonds is 5. The molecule has 0 aliphatic heterocycles. The lowest BCUT2D eigenvalue weighted by Gasteiger charge is -2.25. The van der Waals surface area contributed by atoms with Crippen LogP contribution in [0.2, 0.25) is 12.6 Å². The first-order valence-corrected chi connectivity index (χ1v) is 9.33. The van der Waals surface area contributed by atoms with Gasteiger partial charge in [0.2, 0.25) is 8.32 Å². The summed E-state index contributed by atoms with van der Waals surface area (Å²) < 4.78 is 5.99. The fourth-order valence-corrected chi connectivity index (χ4v) is 4.27. The van der Waals surface area contributed by atoms with Crippen molar-refractivity contribution in [3.8, 4) is 11.4 Å².